The number of hydrogen-bond donors (Lipinski definition) is 4. The van der Waals surface area contributed by atoms with Crippen molar-refractivity contribution in [3.63, 3.8) is 0 Å². The molecule has 1 aromatic heterocycles. The predicted octanol–water partition coefficient (Wildman–Crippen LogP) is 1.91. The molecule has 1 amide bonds. The summed E-state index contributed by atoms with van der Waals surface area (Å²) in [5, 5.41) is 14.3. The van der Waals surface area contributed by atoms with Gasteiger partial charge in [0.2, 0.25) is 0 Å². The van der Waals surface area contributed by atoms with Crippen LogP contribution in [0.25, 0.3) is 10.9 Å². The van der Waals surface area contributed by atoms with E-state index in [0.717, 1.165) is 30.4 Å². The average molecular weight is 403 g/mol. The van der Waals surface area contributed by atoms with Gasteiger partial charge in [0.15, 0.2) is 0 Å². The van der Waals surface area contributed by atoms with Crippen molar-refractivity contribution in [2.24, 2.45) is 0 Å². The number of alkyl halides is 3. The number of methoxy groups -OCH3 is 2. The second-order valence-electron chi connectivity index (χ2n) is 5.94. The van der Waals surface area contributed by atoms with Crippen LogP contribution in [-0.2, 0) is 4.79 Å². The van der Waals surface area contributed by atoms with Crippen LogP contribution in [0.15, 0.2) is 18.2 Å². The van der Waals surface area contributed by atoms with Gasteiger partial charge in [-0.3, -0.25) is 4.79 Å². The van der Waals surface area contributed by atoms with E-state index in [1.54, 1.807) is 20.3 Å². The number of nitrogens with one attached hydrogen (secondary N) is 3. The van der Waals surface area contributed by atoms with Gasteiger partial charge in [0.05, 0.1) is 19.7 Å². The molecule has 1 aromatic carbocycles. The fourth-order valence-electron chi connectivity index (χ4n) is 2.63. The number of hydrogen-bond acceptors (Lipinski definition) is 5. The van der Waals surface area contributed by atoms with Gasteiger partial charge in [0.1, 0.15) is 17.2 Å². The lowest BCUT2D eigenvalue weighted by molar-refractivity contribution is -0.192. The minimum absolute atomic E-state index is 0.0964. The lowest BCUT2D eigenvalue weighted by Gasteiger charge is -2.09. The molecule has 1 fully saturated rings. The number of aromatic nitrogens is 1. The third-order valence-corrected chi connectivity index (χ3v) is 4.00. The maximum absolute atomic E-state index is 12.3. The summed E-state index contributed by atoms with van der Waals surface area (Å²) in [6, 6.07) is 5.68. The summed E-state index contributed by atoms with van der Waals surface area (Å²) in [5.74, 6) is -1.50. The number of H-pyrrole nitrogens is 1. The van der Waals surface area contributed by atoms with Gasteiger partial charge in [-0.15, -0.1) is 0 Å². The van der Waals surface area contributed by atoms with Gasteiger partial charge in [0.25, 0.3) is 5.91 Å². The van der Waals surface area contributed by atoms with Crippen molar-refractivity contribution in [2.45, 2.75) is 18.6 Å². The highest BCUT2D eigenvalue weighted by Gasteiger charge is 2.38. The molecule has 28 heavy (non-hydrogen) atoms. The Kier molecular flexibility index (Phi) is 6.73. The molecule has 3 rings (SSSR count). The number of halogens is 3. The topological polar surface area (TPSA) is 113 Å². The number of benzene rings is 1. The van der Waals surface area contributed by atoms with Gasteiger partial charge in [-0.1, -0.05) is 0 Å². The van der Waals surface area contributed by atoms with E-state index in [-0.39, 0.29) is 11.9 Å². The standard InChI is InChI=1S/C15H19N3O3.C2HF3O2/c1-20-11-5-9-6-12(18-14(9)13(7-11)21-2)15(19)17-10-3-4-16-8-10;3-2(4,5)1(6)7/h5-7,10,16,18H,3-4,8H2,1-2H3,(H,17,19);(H,6,7)/t10-;/m1./s1. The quantitative estimate of drug-likeness (QED) is 0.621. The van der Waals surface area contributed by atoms with Gasteiger partial charge >= 0.3 is 12.1 Å². The fourth-order valence-corrected chi connectivity index (χ4v) is 2.63. The molecule has 1 atom stereocenters. The zero-order valence-electron chi connectivity index (χ0n) is 15.1. The zero-order chi connectivity index (χ0) is 20.9. The van der Waals surface area contributed by atoms with Crippen LogP contribution in [0.4, 0.5) is 13.2 Å². The minimum Gasteiger partial charge on any atom is -0.497 e. The molecule has 0 radical (unpaired) electrons. The summed E-state index contributed by atoms with van der Waals surface area (Å²) in [6.07, 6.45) is -4.12. The van der Waals surface area contributed by atoms with E-state index in [1.165, 1.54) is 0 Å². The first-order chi connectivity index (χ1) is 13.2. The maximum Gasteiger partial charge on any atom is 0.490 e. The molecule has 4 N–H and O–H groups in total. The van der Waals surface area contributed by atoms with Gasteiger partial charge in [-0.05, 0) is 25.1 Å². The van der Waals surface area contributed by atoms with Crippen molar-refractivity contribution in [1.82, 2.24) is 15.6 Å². The number of carbonyl (C=O) groups excluding carboxylic acids is 1. The average Bonchev–Trinajstić information content (AvgIpc) is 3.29. The Morgan fingerprint density at radius 1 is 1.21 bits per heavy atom. The number of rotatable bonds is 4. The number of carbonyl (C=O) groups is 2. The van der Waals surface area contributed by atoms with Crippen LogP contribution >= 0.6 is 0 Å². The molecule has 154 valence electrons. The van der Waals surface area contributed by atoms with E-state index in [1.807, 2.05) is 12.1 Å². The Bertz CT molecular complexity index is 844. The third-order valence-electron chi connectivity index (χ3n) is 4.00. The molecular formula is C17H20F3N3O5. The molecule has 0 unspecified atom stereocenters. The normalized spacial score (nSPS) is 16.2. The Morgan fingerprint density at radius 2 is 1.89 bits per heavy atom. The summed E-state index contributed by atoms with van der Waals surface area (Å²) < 4.78 is 42.3. The molecule has 2 aromatic rings. The smallest absolute Gasteiger partial charge is 0.490 e. The first-order valence-electron chi connectivity index (χ1n) is 8.22. The number of ether oxygens (including phenoxy) is 2. The first kappa shape index (κ1) is 21.4. The van der Waals surface area contributed by atoms with E-state index in [0.29, 0.717) is 17.2 Å². The van der Waals surface area contributed by atoms with Crippen molar-refractivity contribution in [3.8, 4) is 11.5 Å². The Labute approximate surface area is 158 Å². The molecule has 2 heterocycles. The number of aromatic amines is 1. The molecule has 0 spiro atoms. The molecule has 8 nitrogen and oxygen atoms in total. The molecule has 0 saturated carbocycles. The van der Waals surface area contributed by atoms with Crippen molar-refractivity contribution >= 4 is 22.8 Å². The molecular weight excluding hydrogens is 383 g/mol. The first-order valence-corrected chi connectivity index (χ1v) is 8.22. The maximum atomic E-state index is 12.3. The molecule has 1 aliphatic heterocycles. The second-order valence-corrected chi connectivity index (χ2v) is 5.94. The Balaban J connectivity index is 0.000000345. The van der Waals surface area contributed by atoms with Crippen LogP contribution in [-0.4, -0.2) is 61.5 Å². The van der Waals surface area contributed by atoms with E-state index in [2.05, 4.69) is 15.6 Å². The van der Waals surface area contributed by atoms with Gasteiger partial charge < -0.3 is 30.2 Å². The fraction of sp³-hybridized carbons (Fsp3) is 0.412. The Morgan fingerprint density at radius 3 is 2.39 bits per heavy atom. The Hall–Kier alpha value is -2.95. The highest BCUT2D eigenvalue weighted by Crippen LogP contribution is 2.31. The predicted molar refractivity (Wildman–Crippen MR) is 93.8 cm³/mol. The van der Waals surface area contributed by atoms with Crippen LogP contribution in [0, 0.1) is 0 Å². The van der Waals surface area contributed by atoms with E-state index in [9.17, 15) is 18.0 Å². The number of fused-ring (bicyclic) bond motifs is 1. The van der Waals surface area contributed by atoms with Crippen molar-refractivity contribution in [1.29, 1.82) is 0 Å². The molecule has 0 bridgehead atoms. The largest absolute Gasteiger partial charge is 0.497 e. The van der Waals surface area contributed by atoms with E-state index < -0.39 is 12.1 Å². The number of carboxylic acids is 1. The van der Waals surface area contributed by atoms with Crippen LogP contribution in [0.1, 0.15) is 16.9 Å². The zero-order valence-corrected chi connectivity index (χ0v) is 15.1. The number of carboxylic acid groups (broad SMARTS) is 1. The van der Waals surface area contributed by atoms with Crippen molar-refractivity contribution in [2.75, 3.05) is 27.3 Å². The van der Waals surface area contributed by atoms with Gasteiger partial charge in [-0.2, -0.15) is 13.2 Å². The molecule has 1 saturated heterocycles. The molecule has 0 aliphatic carbocycles. The summed E-state index contributed by atoms with van der Waals surface area (Å²) in [4.78, 5) is 24.3. The molecule has 11 heteroatoms. The van der Waals surface area contributed by atoms with Gasteiger partial charge in [0, 0.05) is 24.0 Å². The minimum atomic E-state index is -5.08. The monoisotopic (exact) mass is 403 g/mol. The third kappa shape index (κ3) is 5.28. The number of amides is 1. The second kappa shape index (κ2) is 8.83. The van der Waals surface area contributed by atoms with E-state index >= 15 is 0 Å². The summed E-state index contributed by atoms with van der Waals surface area (Å²) in [6.45, 7) is 1.77. The van der Waals surface area contributed by atoms with Crippen LogP contribution in [0.3, 0.4) is 0 Å². The van der Waals surface area contributed by atoms with Crippen molar-refractivity contribution < 1.29 is 37.3 Å². The molecule has 1 aliphatic rings. The number of aliphatic carboxylic acids is 1. The highest BCUT2D eigenvalue weighted by molar-refractivity contribution is 6.00. The SMILES string of the molecule is COc1cc(OC)c2[nH]c(C(=O)N[C@@H]3CCNC3)cc2c1.O=C(O)C(F)(F)F. The lowest BCUT2D eigenvalue weighted by atomic mass is 10.2. The van der Waals surface area contributed by atoms with Crippen molar-refractivity contribution in [3.05, 3.63) is 23.9 Å². The lowest BCUT2D eigenvalue weighted by Crippen LogP contribution is -2.36. The van der Waals surface area contributed by atoms with Gasteiger partial charge in [-0.25, -0.2) is 4.79 Å². The summed E-state index contributed by atoms with van der Waals surface area (Å²) in [5.41, 5.74) is 1.33. The van der Waals surface area contributed by atoms with Crippen LogP contribution < -0.4 is 20.1 Å². The summed E-state index contributed by atoms with van der Waals surface area (Å²) >= 11 is 0. The summed E-state index contributed by atoms with van der Waals surface area (Å²) in [7, 11) is 3.20. The highest BCUT2D eigenvalue weighted by atomic mass is 19.4. The van der Waals surface area contributed by atoms with E-state index in [4.69, 9.17) is 19.4 Å². The van der Waals surface area contributed by atoms with Crippen LogP contribution in [0.2, 0.25) is 0 Å². The van der Waals surface area contributed by atoms with Crippen LogP contribution in [0.5, 0.6) is 11.5 Å².